The van der Waals surface area contributed by atoms with E-state index in [1.807, 2.05) is 61.5 Å². The van der Waals surface area contributed by atoms with Crippen LogP contribution in [0.1, 0.15) is 12.5 Å². The largest absolute Gasteiger partial charge is 0.399 e. The number of tetrazole rings is 1. The van der Waals surface area contributed by atoms with Gasteiger partial charge in [0, 0.05) is 11.4 Å². The molecule has 1 heterocycles. The lowest BCUT2D eigenvalue weighted by atomic mass is 10.1. The van der Waals surface area contributed by atoms with Gasteiger partial charge in [0.05, 0.1) is 5.71 Å². The molecule has 1 aromatic heterocycles. The fraction of sp³-hybridized carbons (Fsp3) is 0.0667. The minimum Gasteiger partial charge on any atom is -0.399 e. The molecule has 0 aliphatic heterocycles. The van der Waals surface area contributed by atoms with Gasteiger partial charge in [0.2, 0.25) is 0 Å². The van der Waals surface area contributed by atoms with E-state index in [9.17, 15) is 0 Å². The molecule has 110 valence electrons. The average Bonchev–Trinajstić information content (AvgIpc) is 2.96. The molecule has 0 spiro atoms. The van der Waals surface area contributed by atoms with E-state index in [1.165, 1.54) is 4.79 Å². The normalized spacial score (nSPS) is 11.4. The van der Waals surface area contributed by atoms with Gasteiger partial charge in [0.1, 0.15) is 0 Å². The first-order valence-electron chi connectivity index (χ1n) is 6.74. The van der Waals surface area contributed by atoms with Gasteiger partial charge in [-0.3, -0.25) is 0 Å². The standard InChI is InChI=1S/C15H15N7/c1-11(12-7-9-13(16)10-8-12)19-22-15(18-20-21-22)17-14-5-3-2-4-6-14/h2-10H,16H2,1H3,(H,17,18,21)/b19-11-. The molecule has 0 amide bonds. The summed E-state index contributed by atoms with van der Waals surface area (Å²) in [7, 11) is 0. The van der Waals surface area contributed by atoms with Crippen molar-refractivity contribution in [2.75, 3.05) is 11.1 Å². The monoisotopic (exact) mass is 293 g/mol. The minimum atomic E-state index is 0.445. The second-order valence-corrected chi connectivity index (χ2v) is 4.69. The van der Waals surface area contributed by atoms with Crippen LogP contribution in [-0.2, 0) is 0 Å². The molecule has 0 atom stereocenters. The second kappa shape index (κ2) is 6.04. The van der Waals surface area contributed by atoms with Crippen molar-refractivity contribution in [2.24, 2.45) is 5.10 Å². The first kappa shape index (κ1) is 13.7. The number of benzene rings is 2. The number of rotatable bonds is 4. The molecule has 7 nitrogen and oxygen atoms in total. The fourth-order valence-corrected chi connectivity index (χ4v) is 1.90. The number of aromatic nitrogens is 4. The van der Waals surface area contributed by atoms with Crippen molar-refractivity contribution in [2.45, 2.75) is 6.92 Å². The molecule has 7 heteroatoms. The van der Waals surface area contributed by atoms with Gasteiger partial charge in [0.15, 0.2) is 0 Å². The highest BCUT2D eigenvalue weighted by atomic mass is 15.7. The zero-order valence-electron chi connectivity index (χ0n) is 12.0. The summed E-state index contributed by atoms with van der Waals surface area (Å²) >= 11 is 0. The maximum absolute atomic E-state index is 5.69. The van der Waals surface area contributed by atoms with Gasteiger partial charge in [-0.2, -0.15) is 5.10 Å². The Bertz CT molecular complexity index is 775. The molecule has 3 rings (SSSR count). The molecule has 0 bridgehead atoms. The van der Waals surface area contributed by atoms with Gasteiger partial charge < -0.3 is 11.1 Å². The number of anilines is 3. The minimum absolute atomic E-state index is 0.445. The number of nitrogens with one attached hydrogen (secondary N) is 1. The summed E-state index contributed by atoms with van der Waals surface area (Å²) in [5.74, 6) is 0.445. The van der Waals surface area contributed by atoms with E-state index in [2.05, 4.69) is 25.9 Å². The van der Waals surface area contributed by atoms with Crippen LogP contribution in [0.25, 0.3) is 0 Å². The molecule has 0 unspecified atom stereocenters. The molecule has 0 aliphatic carbocycles. The molecular weight excluding hydrogens is 278 g/mol. The average molecular weight is 293 g/mol. The predicted octanol–water partition coefficient (Wildman–Crippen LogP) is 2.27. The fourth-order valence-electron chi connectivity index (χ4n) is 1.90. The van der Waals surface area contributed by atoms with Crippen molar-refractivity contribution < 1.29 is 0 Å². The molecule has 0 radical (unpaired) electrons. The smallest absolute Gasteiger partial charge is 0.269 e. The third-order valence-electron chi connectivity index (χ3n) is 3.06. The Balaban J connectivity index is 1.85. The van der Waals surface area contributed by atoms with Crippen LogP contribution in [0.2, 0.25) is 0 Å². The summed E-state index contributed by atoms with van der Waals surface area (Å²) in [6.45, 7) is 1.89. The van der Waals surface area contributed by atoms with Gasteiger partial charge >= 0.3 is 0 Å². The van der Waals surface area contributed by atoms with Crippen LogP contribution in [0.4, 0.5) is 17.3 Å². The van der Waals surface area contributed by atoms with Crippen molar-refractivity contribution >= 4 is 23.0 Å². The third kappa shape index (κ3) is 3.09. The highest BCUT2D eigenvalue weighted by Gasteiger charge is 2.06. The highest BCUT2D eigenvalue weighted by molar-refractivity contribution is 5.98. The molecule has 22 heavy (non-hydrogen) atoms. The van der Waals surface area contributed by atoms with Crippen LogP contribution in [0.3, 0.4) is 0 Å². The van der Waals surface area contributed by atoms with Crippen molar-refractivity contribution in [1.29, 1.82) is 0 Å². The van der Waals surface area contributed by atoms with E-state index >= 15 is 0 Å². The van der Waals surface area contributed by atoms with Crippen LogP contribution < -0.4 is 11.1 Å². The van der Waals surface area contributed by atoms with Crippen LogP contribution in [0.15, 0.2) is 59.7 Å². The maximum Gasteiger partial charge on any atom is 0.269 e. The van der Waals surface area contributed by atoms with Crippen LogP contribution in [0, 0.1) is 0 Å². The molecule has 0 saturated heterocycles. The summed E-state index contributed by atoms with van der Waals surface area (Å²) in [4.78, 5) is 1.36. The number of nitrogens with zero attached hydrogens (tertiary/aromatic N) is 5. The zero-order valence-corrected chi connectivity index (χ0v) is 12.0. The molecule has 2 aromatic carbocycles. The Morgan fingerprint density at radius 3 is 2.55 bits per heavy atom. The van der Waals surface area contributed by atoms with E-state index in [0.29, 0.717) is 11.6 Å². The second-order valence-electron chi connectivity index (χ2n) is 4.69. The topological polar surface area (TPSA) is 94.0 Å². The lowest BCUT2D eigenvalue weighted by Crippen LogP contribution is -2.05. The summed E-state index contributed by atoms with van der Waals surface area (Å²) in [6, 6.07) is 17.1. The number of hydrogen-bond acceptors (Lipinski definition) is 6. The van der Waals surface area contributed by atoms with E-state index in [0.717, 1.165) is 17.0 Å². The molecule has 0 saturated carbocycles. The van der Waals surface area contributed by atoms with Gasteiger partial charge in [-0.25, -0.2) is 0 Å². The van der Waals surface area contributed by atoms with E-state index < -0.39 is 0 Å². The number of para-hydroxylation sites is 1. The zero-order chi connectivity index (χ0) is 15.4. The van der Waals surface area contributed by atoms with Gasteiger partial charge in [-0.1, -0.05) is 40.2 Å². The van der Waals surface area contributed by atoms with E-state index in [4.69, 9.17) is 5.73 Å². The summed E-state index contributed by atoms with van der Waals surface area (Å²) in [6.07, 6.45) is 0. The Morgan fingerprint density at radius 2 is 1.82 bits per heavy atom. The molecule has 3 N–H and O–H groups in total. The lowest BCUT2D eigenvalue weighted by Gasteiger charge is -2.05. The number of hydrogen-bond donors (Lipinski definition) is 2. The van der Waals surface area contributed by atoms with Gasteiger partial charge in [-0.05, 0) is 47.2 Å². The Hall–Kier alpha value is -3.22. The van der Waals surface area contributed by atoms with E-state index in [-0.39, 0.29) is 0 Å². The van der Waals surface area contributed by atoms with Crippen molar-refractivity contribution in [3.8, 4) is 0 Å². The van der Waals surface area contributed by atoms with Crippen LogP contribution >= 0.6 is 0 Å². The lowest BCUT2D eigenvalue weighted by molar-refractivity contribution is 0.695. The molecule has 0 aliphatic rings. The maximum atomic E-state index is 5.69. The Kier molecular flexibility index (Phi) is 3.78. The highest BCUT2D eigenvalue weighted by Crippen LogP contribution is 2.13. The predicted molar refractivity (Wildman–Crippen MR) is 86.0 cm³/mol. The quantitative estimate of drug-likeness (QED) is 0.568. The summed E-state index contributed by atoms with van der Waals surface area (Å²) < 4.78 is 0. The number of nitrogen functional groups attached to an aromatic ring is 1. The summed E-state index contributed by atoms with van der Waals surface area (Å²) in [5.41, 5.74) is 9.02. The van der Waals surface area contributed by atoms with Crippen LogP contribution in [0.5, 0.6) is 0 Å². The third-order valence-corrected chi connectivity index (χ3v) is 3.06. The van der Waals surface area contributed by atoms with Crippen molar-refractivity contribution in [3.05, 3.63) is 60.2 Å². The molecule has 3 aromatic rings. The first-order valence-corrected chi connectivity index (χ1v) is 6.74. The molecule has 0 fully saturated rings. The van der Waals surface area contributed by atoms with Crippen molar-refractivity contribution in [1.82, 2.24) is 20.3 Å². The Morgan fingerprint density at radius 1 is 1.09 bits per heavy atom. The Labute approximate surface area is 127 Å². The van der Waals surface area contributed by atoms with Crippen LogP contribution in [-0.4, -0.2) is 26.0 Å². The summed E-state index contributed by atoms with van der Waals surface area (Å²) in [5, 5.41) is 19.0. The van der Waals surface area contributed by atoms with Gasteiger partial charge in [0.25, 0.3) is 5.95 Å². The van der Waals surface area contributed by atoms with E-state index in [1.54, 1.807) is 0 Å². The van der Waals surface area contributed by atoms with Crippen molar-refractivity contribution in [3.63, 3.8) is 0 Å². The SMILES string of the molecule is C/C(=N/n1nnnc1Nc1ccccc1)c1ccc(N)cc1. The number of nitrogens with two attached hydrogens (primary N) is 1. The first-order chi connectivity index (χ1) is 10.7. The van der Waals surface area contributed by atoms with Gasteiger partial charge in [-0.15, -0.1) is 0 Å². The molecular formula is C15H15N7.